The van der Waals surface area contributed by atoms with Gasteiger partial charge < -0.3 is 28.8 Å². The SMILES string of the molecule is COC(=O)c1ccc(Nc2ncc3cc(C#N)n([C@H]4COC[C@@H]4C)c3n2)c(OC2COC2)c1. The number of nitrogens with zero attached hydrogens (tertiary/aromatic N) is 4. The minimum atomic E-state index is -0.455. The Balaban J connectivity index is 1.51. The second kappa shape index (κ2) is 8.69. The van der Waals surface area contributed by atoms with Crippen molar-refractivity contribution in [2.75, 3.05) is 38.9 Å². The Bertz CT molecular complexity index is 1250. The number of nitriles is 1. The molecule has 0 amide bonds. The van der Waals surface area contributed by atoms with Gasteiger partial charge in [-0.15, -0.1) is 0 Å². The monoisotopic (exact) mass is 449 g/mol. The van der Waals surface area contributed by atoms with E-state index in [9.17, 15) is 10.1 Å². The van der Waals surface area contributed by atoms with E-state index in [2.05, 4.69) is 23.3 Å². The molecule has 2 aromatic heterocycles. The smallest absolute Gasteiger partial charge is 0.337 e. The maximum absolute atomic E-state index is 12.0. The van der Waals surface area contributed by atoms with Crippen molar-refractivity contribution in [2.24, 2.45) is 5.92 Å². The van der Waals surface area contributed by atoms with E-state index in [0.29, 0.717) is 60.7 Å². The number of nitrogens with one attached hydrogen (secondary N) is 1. The molecule has 1 N–H and O–H groups in total. The van der Waals surface area contributed by atoms with Crippen molar-refractivity contribution in [1.29, 1.82) is 5.26 Å². The third-order valence-electron chi connectivity index (χ3n) is 5.90. The number of hydrogen-bond donors (Lipinski definition) is 1. The average Bonchev–Trinajstić information content (AvgIpc) is 3.38. The van der Waals surface area contributed by atoms with Crippen molar-refractivity contribution < 1.29 is 23.7 Å². The summed E-state index contributed by atoms with van der Waals surface area (Å²) in [5, 5.41) is 13.6. The van der Waals surface area contributed by atoms with E-state index in [1.807, 2.05) is 4.57 Å². The zero-order chi connectivity index (χ0) is 22.9. The van der Waals surface area contributed by atoms with E-state index in [0.717, 1.165) is 5.39 Å². The molecule has 2 saturated heterocycles. The lowest BCUT2D eigenvalue weighted by atomic mass is 10.1. The van der Waals surface area contributed by atoms with Crippen LogP contribution in [0.5, 0.6) is 5.75 Å². The fraction of sp³-hybridized carbons (Fsp3) is 0.391. The molecule has 0 unspecified atom stereocenters. The van der Waals surface area contributed by atoms with E-state index in [-0.39, 0.29) is 18.1 Å². The van der Waals surface area contributed by atoms with Crippen LogP contribution in [-0.4, -0.2) is 60.1 Å². The average molecular weight is 449 g/mol. The quantitative estimate of drug-likeness (QED) is 0.566. The first-order valence-corrected chi connectivity index (χ1v) is 10.7. The van der Waals surface area contributed by atoms with Crippen LogP contribution in [0.25, 0.3) is 11.0 Å². The van der Waals surface area contributed by atoms with Crippen LogP contribution in [-0.2, 0) is 14.2 Å². The molecule has 3 aromatic rings. The number of anilines is 2. The molecular weight excluding hydrogens is 426 g/mol. The number of benzene rings is 1. The number of aromatic nitrogens is 3. The molecule has 0 spiro atoms. The van der Waals surface area contributed by atoms with Gasteiger partial charge in [-0.1, -0.05) is 6.92 Å². The number of hydrogen-bond acceptors (Lipinski definition) is 9. The van der Waals surface area contributed by atoms with Crippen LogP contribution >= 0.6 is 0 Å². The number of rotatable bonds is 6. The van der Waals surface area contributed by atoms with Gasteiger partial charge in [0.1, 0.15) is 29.3 Å². The van der Waals surface area contributed by atoms with Gasteiger partial charge in [0.05, 0.1) is 50.8 Å². The molecule has 1 aromatic carbocycles. The van der Waals surface area contributed by atoms with E-state index in [1.165, 1.54) is 7.11 Å². The van der Waals surface area contributed by atoms with Crippen molar-refractivity contribution in [3.8, 4) is 11.8 Å². The number of carbonyl (C=O) groups excluding carboxylic acids is 1. The van der Waals surface area contributed by atoms with Crippen LogP contribution in [0.2, 0.25) is 0 Å². The van der Waals surface area contributed by atoms with Crippen molar-refractivity contribution in [2.45, 2.75) is 19.1 Å². The molecule has 10 heteroatoms. The van der Waals surface area contributed by atoms with Crippen LogP contribution in [0.15, 0.2) is 30.5 Å². The second-order valence-corrected chi connectivity index (χ2v) is 8.17. The number of carbonyl (C=O) groups is 1. The lowest BCUT2D eigenvalue weighted by Gasteiger charge is -2.28. The third-order valence-corrected chi connectivity index (χ3v) is 5.90. The topological polar surface area (TPSA) is 121 Å². The molecular formula is C23H23N5O5. The molecule has 10 nitrogen and oxygen atoms in total. The zero-order valence-electron chi connectivity index (χ0n) is 18.3. The van der Waals surface area contributed by atoms with Gasteiger partial charge in [0, 0.05) is 17.5 Å². The minimum absolute atomic E-state index is 0.0248. The Labute approximate surface area is 190 Å². The molecule has 33 heavy (non-hydrogen) atoms. The van der Waals surface area contributed by atoms with Gasteiger partial charge in [-0.2, -0.15) is 10.2 Å². The third kappa shape index (κ3) is 3.97. The van der Waals surface area contributed by atoms with Crippen LogP contribution in [0.4, 0.5) is 11.6 Å². The molecule has 2 aliphatic heterocycles. The van der Waals surface area contributed by atoms with Gasteiger partial charge in [-0.05, 0) is 24.3 Å². The van der Waals surface area contributed by atoms with Crippen molar-refractivity contribution >= 4 is 28.6 Å². The highest BCUT2D eigenvalue weighted by molar-refractivity contribution is 5.91. The van der Waals surface area contributed by atoms with E-state index in [4.69, 9.17) is 23.9 Å². The lowest BCUT2D eigenvalue weighted by Crippen LogP contribution is -2.38. The second-order valence-electron chi connectivity index (χ2n) is 8.17. The number of ether oxygens (including phenoxy) is 4. The molecule has 0 aliphatic carbocycles. The Kier molecular flexibility index (Phi) is 5.58. The predicted octanol–water partition coefficient (Wildman–Crippen LogP) is 2.82. The Morgan fingerprint density at radius 2 is 2.06 bits per heavy atom. The van der Waals surface area contributed by atoms with Gasteiger partial charge >= 0.3 is 5.97 Å². The number of methoxy groups -OCH3 is 1. The van der Waals surface area contributed by atoms with Crippen molar-refractivity contribution in [3.63, 3.8) is 0 Å². The molecule has 0 radical (unpaired) electrons. The molecule has 0 saturated carbocycles. The summed E-state index contributed by atoms with van der Waals surface area (Å²) in [7, 11) is 1.33. The molecule has 4 heterocycles. The molecule has 5 rings (SSSR count). The van der Waals surface area contributed by atoms with Crippen LogP contribution in [0.1, 0.15) is 29.0 Å². The summed E-state index contributed by atoms with van der Waals surface area (Å²) >= 11 is 0. The Morgan fingerprint density at radius 1 is 1.24 bits per heavy atom. The normalized spacial score (nSPS) is 20.3. The van der Waals surface area contributed by atoms with Crippen LogP contribution in [0, 0.1) is 17.2 Å². The van der Waals surface area contributed by atoms with Gasteiger partial charge in [0.25, 0.3) is 0 Å². The summed E-state index contributed by atoms with van der Waals surface area (Å²) in [6, 6.07) is 9.07. The van der Waals surface area contributed by atoms with Gasteiger partial charge in [0.2, 0.25) is 5.95 Å². The lowest BCUT2D eigenvalue weighted by molar-refractivity contribution is -0.0794. The Morgan fingerprint density at radius 3 is 2.73 bits per heavy atom. The largest absolute Gasteiger partial charge is 0.483 e. The van der Waals surface area contributed by atoms with Gasteiger partial charge in [-0.3, -0.25) is 0 Å². The summed E-state index contributed by atoms with van der Waals surface area (Å²) in [6.07, 6.45) is 1.59. The first-order chi connectivity index (χ1) is 16.1. The van der Waals surface area contributed by atoms with Crippen molar-refractivity contribution in [1.82, 2.24) is 14.5 Å². The van der Waals surface area contributed by atoms with Crippen LogP contribution < -0.4 is 10.1 Å². The maximum atomic E-state index is 12.0. The minimum Gasteiger partial charge on any atom is -0.483 e. The highest BCUT2D eigenvalue weighted by Gasteiger charge is 2.30. The first-order valence-electron chi connectivity index (χ1n) is 10.7. The Hall–Kier alpha value is -3.68. The summed E-state index contributed by atoms with van der Waals surface area (Å²) < 4.78 is 23.6. The zero-order valence-corrected chi connectivity index (χ0v) is 18.3. The summed E-state index contributed by atoms with van der Waals surface area (Å²) in [6.45, 7) is 4.24. The standard InChI is InChI=1S/C23H23N5O5/c1-13-9-31-12-19(13)28-16(7-24)5-15-8-25-23(27-21(15)28)26-18-4-3-14(22(29)30-2)6-20(18)33-17-10-32-11-17/h3-6,8,13,17,19H,9-12H2,1-2H3,(H,25,26,27)/t13-,19-/m0/s1. The fourth-order valence-corrected chi connectivity index (χ4v) is 4.02. The highest BCUT2D eigenvalue weighted by atomic mass is 16.6. The summed E-state index contributed by atoms with van der Waals surface area (Å²) in [5.74, 6) is 0.623. The summed E-state index contributed by atoms with van der Waals surface area (Å²) in [4.78, 5) is 21.1. The van der Waals surface area contributed by atoms with Gasteiger partial charge in [0.15, 0.2) is 0 Å². The van der Waals surface area contributed by atoms with E-state index < -0.39 is 5.97 Å². The molecule has 2 aliphatic rings. The molecule has 0 bridgehead atoms. The predicted molar refractivity (Wildman–Crippen MR) is 118 cm³/mol. The van der Waals surface area contributed by atoms with E-state index in [1.54, 1.807) is 30.5 Å². The number of esters is 1. The molecule has 2 atom stereocenters. The first kappa shape index (κ1) is 21.2. The molecule has 2 fully saturated rings. The maximum Gasteiger partial charge on any atom is 0.337 e. The van der Waals surface area contributed by atoms with Crippen LogP contribution in [0.3, 0.4) is 0 Å². The number of fused-ring (bicyclic) bond motifs is 1. The van der Waals surface area contributed by atoms with Crippen molar-refractivity contribution in [3.05, 3.63) is 41.7 Å². The fourth-order valence-electron chi connectivity index (χ4n) is 4.02. The summed E-state index contributed by atoms with van der Waals surface area (Å²) in [5.41, 5.74) is 2.16. The molecule has 170 valence electrons. The van der Waals surface area contributed by atoms with Gasteiger partial charge in [-0.25, -0.2) is 9.78 Å². The highest BCUT2D eigenvalue weighted by Crippen LogP contribution is 2.33. The van der Waals surface area contributed by atoms with E-state index >= 15 is 0 Å².